The van der Waals surface area contributed by atoms with Crippen LogP contribution in [0.3, 0.4) is 0 Å². The highest BCUT2D eigenvalue weighted by atomic mass is 16.5. The van der Waals surface area contributed by atoms with E-state index < -0.39 is 0 Å². The van der Waals surface area contributed by atoms with Gasteiger partial charge in [0.05, 0.1) is 6.61 Å². The number of hydrogen-bond acceptors (Lipinski definition) is 4. The predicted octanol–water partition coefficient (Wildman–Crippen LogP) is 2.58. The van der Waals surface area contributed by atoms with Crippen molar-refractivity contribution >= 4 is 5.82 Å². The number of aliphatic hydroxyl groups is 1. The molecule has 1 heterocycles. The Hall–Kier alpha value is -2.07. The van der Waals surface area contributed by atoms with Gasteiger partial charge in [-0.3, -0.25) is 0 Å². The second kappa shape index (κ2) is 6.75. The normalized spacial score (nSPS) is 10.2. The Kier molecular flexibility index (Phi) is 4.75. The maximum absolute atomic E-state index is 8.95. The predicted molar refractivity (Wildman–Crippen MR) is 75.1 cm³/mol. The van der Waals surface area contributed by atoms with Gasteiger partial charge in [0.1, 0.15) is 18.2 Å². The molecule has 2 aromatic rings. The maximum atomic E-state index is 8.95. The number of aromatic nitrogens is 1. The van der Waals surface area contributed by atoms with Crippen LogP contribution in [0.1, 0.15) is 18.1 Å². The van der Waals surface area contributed by atoms with E-state index in [1.165, 1.54) is 0 Å². The molecule has 0 unspecified atom stereocenters. The van der Waals surface area contributed by atoms with E-state index in [9.17, 15) is 0 Å². The molecule has 0 radical (unpaired) electrons. The third-order valence-corrected chi connectivity index (χ3v) is 2.69. The van der Waals surface area contributed by atoms with Gasteiger partial charge in [-0.25, -0.2) is 4.98 Å². The van der Waals surface area contributed by atoms with E-state index in [1.54, 1.807) is 6.20 Å². The second-order valence-electron chi connectivity index (χ2n) is 4.17. The lowest BCUT2D eigenvalue weighted by Gasteiger charge is -2.07. The zero-order valence-corrected chi connectivity index (χ0v) is 11.0. The maximum Gasteiger partial charge on any atom is 0.125 e. The molecule has 0 aliphatic rings. The van der Waals surface area contributed by atoms with Crippen LogP contribution in [0.5, 0.6) is 5.75 Å². The molecule has 19 heavy (non-hydrogen) atoms. The van der Waals surface area contributed by atoms with E-state index in [2.05, 4.69) is 10.3 Å². The van der Waals surface area contributed by atoms with Crippen LogP contribution in [-0.4, -0.2) is 16.6 Å². The lowest BCUT2D eigenvalue weighted by atomic mass is 10.2. The van der Waals surface area contributed by atoms with Crippen molar-refractivity contribution in [3.05, 3.63) is 53.7 Å². The number of pyridine rings is 1. The molecular weight excluding hydrogens is 240 g/mol. The summed E-state index contributed by atoms with van der Waals surface area (Å²) in [6, 6.07) is 11.3. The first-order valence-electron chi connectivity index (χ1n) is 6.33. The van der Waals surface area contributed by atoms with E-state index in [4.69, 9.17) is 9.84 Å². The van der Waals surface area contributed by atoms with Crippen molar-refractivity contribution < 1.29 is 9.84 Å². The zero-order chi connectivity index (χ0) is 13.5. The summed E-state index contributed by atoms with van der Waals surface area (Å²) >= 11 is 0. The average Bonchev–Trinajstić information content (AvgIpc) is 2.47. The van der Waals surface area contributed by atoms with E-state index in [-0.39, 0.29) is 6.61 Å². The Morgan fingerprint density at radius 3 is 2.42 bits per heavy atom. The van der Waals surface area contributed by atoms with Crippen LogP contribution in [0.2, 0.25) is 0 Å². The summed E-state index contributed by atoms with van der Waals surface area (Å²) in [5, 5.41) is 12.1. The van der Waals surface area contributed by atoms with Gasteiger partial charge in [-0.1, -0.05) is 18.2 Å². The van der Waals surface area contributed by atoms with Gasteiger partial charge in [0.25, 0.3) is 0 Å². The molecular formula is C15H18N2O2. The molecule has 0 aliphatic heterocycles. The topological polar surface area (TPSA) is 54.4 Å². The van der Waals surface area contributed by atoms with Gasteiger partial charge in [-0.05, 0) is 30.7 Å². The van der Waals surface area contributed by atoms with Crippen molar-refractivity contribution in [2.75, 3.05) is 11.9 Å². The Balaban J connectivity index is 1.90. The molecule has 2 rings (SSSR count). The number of nitrogens with zero attached hydrogens (tertiary/aromatic N) is 1. The summed E-state index contributed by atoms with van der Waals surface area (Å²) in [6.45, 7) is 3.43. The van der Waals surface area contributed by atoms with Crippen LogP contribution >= 0.6 is 0 Å². The van der Waals surface area contributed by atoms with Crippen molar-refractivity contribution in [1.82, 2.24) is 4.98 Å². The highest BCUT2D eigenvalue weighted by molar-refractivity contribution is 5.35. The number of nitrogens with one attached hydrogen (secondary N) is 1. The van der Waals surface area contributed by atoms with Crippen LogP contribution in [0.4, 0.5) is 5.82 Å². The summed E-state index contributed by atoms with van der Waals surface area (Å²) in [5.41, 5.74) is 1.90. The SMILES string of the molecule is CCNc1ccc(COc2ccc(CO)cc2)cn1. The highest BCUT2D eigenvalue weighted by Gasteiger charge is 1.98. The molecule has 1 aromatic heterocycles. The molecule has 0 saturated heterocycles. The minimum absolute atomic E-state index is 0.0517. The largest absolute Gasteiger partial charge is 0.489 e. The lowest BCUT2D eigenvalue weighted by Crippen LogP contribution is -2.01. The monoisotopic (exact) mass is 258 g/mol. The Morgan fingerprint density at radius 2 is 1.84 bits per heavy atom. The fourth-order valence-electron chi connectivity index (χ4n) is 1.65. The Labute approximate surface area is 113 Å². The zero-order valence-electron chi connectivity index (χ0n) is 11.0. The van der Waals surface area contributed by atoms with Crippen molar-refractivity contribution in [2.24, 2.45) is 0 Å². The third-order valence-electron chi connectivity index (χ3n) is 2.69. The van der Waals surface area contributed by atoms with Crippen molar-refractivity contribution in [3.63, 3.8) is 0 Å². The summed E-state index contributed by atoms with van der Waals surface area (Å²) in [4.78, 5) is 4.28. The van der Waals surface area contributed by atoms with E-state index in [1.807, 2.05) is 43.3 Å². The fourth-order valence-corrected chi connectivity index (χ4v) is 1.65. The van der Waals surface area contributed by atoms with Gasteiger partial charge in [0.15, 0.2) is 0 Å². The number of aliphatic hydroxyl groups excluding tert-OH is 1. The summed E-state index contributed by atoms with van der Waals surface area (Å²) < 4.78 is 5.65. The quantitative estimate of drug-likeness (QED) is 0.836. The van der Waals surface area contributed by atoms with Gasteiger partial charge in [0, 0.05) is 18.3 Å². The van der Waals surface area contributed by atoms with E-state index in [0.717, 1.165) is 29.2 Å². The van der Waals surface area contributed by atoms with Crippen molar-refractivity contribution in [1.29, 1.82) is 0 Å². The van der Waals surface area contributed by atoms with Crippen LogP contribution in [-0.2, 0) is 13.2 Å². The van der Waals surface area contributed by atoms with Crippen LogP contribution in [0, 0.1) is 0 Å². The van der Waals surface area contributed by atoms with E-state index >= 15 is 0 Å². The molecule has 0 saturated carbocycles. The molecule has 0 fully saturated rings. The molecule has 4 nitrogen and oxygen atoms in total. The minimum atomic E-state index is 0.0517. The molecule has 0 bridgehead atoms. The van der Waals surface area contributed by atoms with Gasteiger partial charge < -0.3 is 15.2 Å². The molecule has 0 atom stereocenters. The summed E-state index contributed by atoms with van der Waals surface area (Å²) in [7, 11) is 0. The molecule has 0 aliphatic carbocycles. The van der Waals surface area contributed by atoms with Crippen LogP contribution in [0.15, 0.2) is 42.6 Å². The molecule has 4 heteroatoms. The lowest BCUT2D eigenvalue weighted by molar-refractivity contribution is 0.280. The standard InChI is InChI=1S/C15H18N2O2/c1-2-16-15-8-5-13(9-17-15)11-19-14-6-3-12(10-18)4-7-14/h3-9,18H,2,10-11H2,1H3,(H,16,17). The number of rotatable bonds is 6. The van der Waals surface area contributed by atoms with Gasteiger partial charge in [0.2, 0.25) is 0 Å². The van der Waals surface area contributed by atoms with Gasteiger partial charge in [-0.2, -0.15) is 0 Å². The van der Waals surface area contributed by atoms with E-state index in [0.29, 0.717) is 6.61 Å². The second-order valence-corrected chi connectivity index (χ2v) is 4.17. The molecule has 1 aromatic carbocycles. The average molecular weight is 258 g/mol. The number of benzene rings is 1. The number of hydrogen-bond donors (Lipinski definition) is 2. The van der Waals surface area contributed by atoms with Crippen LogP contribution < -0.4 is 10.1 Å². The fraction of sp³-hybridized carbons (Fsp3) is 0.267. The summed E-state index contributed by atoms with van der Waals surface area (Å²) in [6.07, 6.45) is 1.81. The molecule has 0 spiro atoms. The summed E-state index contributed by atoms with van der Waals surface area (Å²) in [5.74, 6) is 1.66. The smallest absolute Gasteiger partial charge is 0.125 e. The number of ether oxygens (including phenoxy) is 1. The first kappa shape index (κ1) is 13.4. The third kappa shape index (κ3) is 3.96. The molecule has 100 valence electrons. The van der Waals surface area contributed by atoms with Crippen molar-refractivity contribution in [2.45, 2.75) is 20.1 Å². The van der Waals surface area contributed by atoms with Gasteiger partial charge in [-0.15, -0.1) is 0 Å². The van der Waals surface area contributed by atoms with Crippen LogP contribution in [0.25, 0.3) is 0 Å². The molecule has 2 N–H and O–H groups in total. The molecule has 0 amide bonds. The highest BCUT2D eigenvalue weighted by Crippen LogP contribution is 2.14. The number of anilines is 1. The first-order valence-corrected chi connectivity index (χ1v) is 6.33. The van der Waals surface area contributed by atoms with Crippen molar-refractivity contribution in [3.8, 4) is 5.75 Å². The Bertz CT molecular complexity index is 495. The minimum Gasteiger partial charge on any atom is -0.489 e. The van der Waals surface area contributed by atoms with Gasteiger partial charge >= 0.3 is 0 Å². The Morgan fingerprint density at radius 1 is 1.11 bits per heavy atom. The first-order chi connectivity index (χ1) is 9.31.